The number of carbonyl (C=O) groups excluding carboxylic acids is 1. The van der Waals surface area contributed by atoms with E-state index in [4.69, 9.17) is 0 Å². The molecule has 31 heavy (non-hydrogen) atoms. The number of hydrogen-bond acceptors (Lipinski definition) is 7. The van der Waals surface area contributed by atoms with Crippen molar-refractivity contribution in [2.24, 2.45) is 5.92 Å². The van der Waals surface area contributed by atoms with E-state index in [1.165, 1.54) is 6.07 Å². The van der Waals surface area contributed by atoms with E-state index in [2.05, 4.69) is 45.3 Å². The Labute approximate surface area is 183 Å². The molecule has 2 aliphatic rings. The molecule has 2 saturated heterocycles. The van der Waals surface area contributed by atoms with Gasteiger partial charge in [-0.1, -0.05) is 13.0 Å². The Balaban J connectivity index is 1.60. The van der Waals surface area contributed by atoms with E-state index in [0.29, 0.717) is 17.6 Å². The van der Waals surface area contributed by atoms with E-state index in [1.807, 2.05) is 0 Å². The fourth-order valence-electron chi connectivity index (χ4n) is 4.65. The average Bonchev–Trinajstić information content (AvgIpc) is 3.35. The molecule has 0 aliphatic carbocycles. The van der Waals surface area contributed by atoms with Crippen molar-refractivity contribution in [1.82, 2.24) is 14.7 Å². The number of anilines is 2. The highest BCUT2D eigenvalue weighted by atomic mass is 32.2. The van der Waals surface area contributed by atoms with E-state index in [9.17, 15) is 13.2 Å². The highest BCUT2D eigenvalue weighted by Crippen LogP contribution is 2.37. The minimum Gasteiger partial charge on any atom is -0.357 e. The number of amides is 1. The smallest absolute Gasteiger partial charge is 0.281 e. The molecule has 2 fully saturated rings. The van der Waals surface area contributed by atoms with Gasteiger partial charge in [0, 0.05) is 31.4 Å². The minimum atomic E-state index is -4.12. The van der Waals surface area contributed by atoms with Crippen LogP contribution >= 0.6 is 0 Å². The van der Waals surface area contributed by atoms with Crippen LogP contribution in [0.3, 0.4) is 0 Å². The maximum absolute atomic E-state index is 13.0. The molecule has 0 radical (unpaired) electrons. The van der Waals surface area contributed by atoms with Gasteiger partial charge in [0.25, 0.3) is 15.9 Å². The molecule has 1 N–H and O–H groups in total. The third-order valence-electron chi connectivity index (χ3n) is 6.00. The molecule has 2 aromatic rings. The molecular weight excluding hydrogens is 414 g/mol. The first-order chi connectivity index (χ1) is 14.7. The predicted molar refractivity (Wildman–Crippen MR) is 120 cm³/mol. The fourth-order valence-corrected chi connectivity index (χ4v) is 5.58. The zero-order valence-electron chi connectivity index (χ0n) is 18.2. The molecule has 2 aromatic heterocycles. The molecule has 1 unspecified atom stereocenters. The summed E-state index contributed by atoms with van der Waals surface area (Å²) in [5, 5.41) is -0.161. The van der Waals surface area contributed by atoms with Crippen LogP contribution < -0.4 is 14.5 Å². The van der Waals surface area contributed by atoms with Crippen LogP contribution in [-0.2, 0) is 10.0 Å². The summed E-state index contributed by atoms with van der Waals surface area (Å²) in [4.78, 5) is 25.9. The Kier molecular flexibility index (Phi) is 5.63. The second-order valence-electron chi connectivity index (χ2n) is 9.07. The van der Waals surface area contributed by atoms with Gasteiger partial charge in [-0.15, -0.1) is 0 Å². The number of hydrogen-bond donors (Lipinski definition) is 1. The van der Waals surface area contributed by atoms with E-state index < -0.39 is 15.9 Å². The number of rotatable bonds is 5. The Morgan fingerprint density at radius 3 is 2.58 bits per heavy atom. The van der Waals surface area contributed by atoms with Crippen LogP contribution in [-0.4, -0.2) is 49.5 Å². The van der Waals surface area contributed by atoms with E-state index in [1.54, 1.807) is 30.5 Å². The van der Waals surface area contributed by atoms with Crippen molar-refractivity contribution >= 4 is 27.6 Å². The van der Waals surface area contributed by atoms with E-state index >= 15 is 0 Å². The first-order valence-corrected chi connectivity index (χ1v) is 12.2. The molecule has 9 heteroatoms. The normalized spacial score (nSPS) is 20.8. The summed E-state index contributed by atoms with van der Waals surface area (Å²) in [6.07, 6.45) is 4.71. The summed E-state index contributed by atoms with van der Waals surface area (Å²) in [6, 6.07) is 8.11. The molecular formula is C22H29N5O3S. The van der Waals surface area contributed by atoms with Crippen LogP contribution in [0.25, 0.3) is 0 Å². The van der Waals surface area contributed by atoms with Gasteiger partial charge < -0.3 is 9.80 Å². The molecule has 4 heterocycles. The lowest BCUT2D eigenvalue weighted by atomic mass is 9.97. The van der Waals surface area contributed by atoms with Gasteiger partial charge in [0.1, 0.15) is 11.6 Å². The van der Waals surface area contributed by atoms with Gasteiger partial charge in [0.15, 0.2) is 5.03 Å². The molecule has 8 nitrogen and oxygen atoms in total. The molecule has 4 rings (SSSR count). The number of carbonyl (C=O) groups is 1. The van der Waals surface area contributed by atoms with Crippen LogP contribution in [0.2, 0.25) is 0 Å². The van der Waals surface area contributed by atoms with Crippen molar-refractivity contribution < 1.29 is 13.2 Å². The average molecular weight is 444 g/mol. The van der Waals surface area contributed by atoms with Gasteiger partial charge in [-0.2, -0.15) is 8.42 Å². The van der Waals surface area contributed by atoms with Gasteiger partial charge >= 0.3 is 0 Å². The van der Waals surface area contributed by atoms with Crippen LogP contribution in [0.1, 0.15) is 50.4 Å². The van der Waals surface area contributed by atoms with Crippen LogP contribution in [0.4, 0.5) is 11.6 Å². The SMILES string of the molecule is CC1CN(c2ncccc2C(=O)NS(=O)(=O)c2cccc(N3CCCC3)n2)C(C)(C)C1. The lowest BCUT2D eigenvalue weighted by Crippen LogP contribution is -2.41. The summed E-state index contributed by atoms with van der Waals surface area (Å²) >= 11 is 0. The Morgan fingerprint density at radius 2 is 1.90 bits per heavy atom. The van der Waals surface area contributed by atoms with Crippen molar-refractivity contribution in [1.29, 1.82) is 0 Å². The van der Waals surface area contributed by atoms with Gasteiger partial charge in [0.05, 0.1) is 5.56 Å². The Morgan fingerprint density at radius 1 is 1.16 bits per heavy atom. The largest absolute Gasteiger partial charge is 0.357 e. The fraction of sp³-hybridized carbons (Fsp3) is 0.500. The molecule has 1 amide bonds. The Hall–Kier alpha value is -2.68. The molecule has 1 atom stereocenters. The lowest BCUT2D eigenvalue weighted by Gasteiger charge is -2.33. The van der Waals surface area contributed by atoms with Gasteiger partial charge in [-0.25, -0.2) is 14.7 Å². The first-order valence-electron chi connectivity index (χ1n) is 10.7. The maximum Gasteiger partial charge on any atom is 0.281 e. The highest BCUT2D eigenvalue weighted by molar-refractivity contribution is 7.90. The summed E-state index contributed by atoms with van der Waals surface area (Å²) in [5.74, 6) is 0.868. The zero-order valence-corrected chi connectivity index (χ0v) is 19.0. The van der Waals surface area contributed by atoms with Crippen molar-refractivity contribution in [2.45, 2.75) is 50.6 Å². The van der Waals surface area contributed by atoms with Crippen LogP contribution in [0, 0.1) is 5.92 Å². The molecule has 0 bridgehead atoms. The summed E-state index contributed by atoms with van der Waals surface area (Å²) in [6.45, 7) is 8.84. The Bertz CT molecular complexity index is 1080. The quantitative estimate of drug-likeness (QED) is 0.759. The molecule has 0 aromatic carbocycles. The zero-order chi connectivity index (χ0) is 22.2. The molecule has 0 spiro atoms. The van der Waals surface area contributed by atoms with Crippen LogP contribution in [0.5, 0.6) is 0 Å². The van der Waals surface area contributed by atoms with Crippen molar-refractivity contribution in [3.05, 3.63) is 42.1 Å². The van der Waals surface area contributed by atoms with Gasteiger partial charge in [-0.05, 0) is 63.3 Å². The molecule has 0 saturated carbocycles. The highest BCUT2D eigenvalue weighted by Gasteiger charge is 2.39. The first kappa shape index (κ1) is 21.5. The monoisotopic (exact) mass is 443 g/mol. The minimum absolute atomic E-state index is 0.161. The van der Waals surface area contributed by atoms with Gasteiger partial charge in [0.2, 0.25) is 0 Å². The van der Waals surface area contributed by atoms with Crippen molar-refractivity contribution in [3.63, 3.8) is 0 Å². The topological polar surface area (TPSA) is 95.5 Å². The predicted octanol–water partition coefficient (Wildman–Crippen LogP) is 2.82. The van der Waals surface area contributed by atoms with E-state index in [-0.39, 0.29) is 16.1 Å². The lowest BCUT2D eigenvalue weighted by molar-refractivity contribution is 0.0981. The molecule has 166 valence electrons. The number of aromatic nitrogens is 2. The van der Waals surface area contributed by atoms with Crippen LogP contribution in [0.15, 0.2) is 41.6 Å². The summed E-state index contributed by atoms with van der Waals surface area (Å²) in [7, 11) is -4.12. The third kappa shape index (κ3) is 4.37. The molecule has 2 aliphatic heterocycles. The second-order valence-corrected chi connectivity index (χ2v) is 10.7. The van der Waals surface area contributed by atoms with Crippen molar-refractivity contribution in [3.8, 4) is 0 Å². The third-order valence-corrected chi connectivity index (χ3v) is 7.23. The number of pyridine rings is 2. The maximum atomic E-state index is 13.0. The van der Waals surface area contributed by atoms with Gasteiger partial charge in [-0.3, -0.25) is 4.79 Å². The number of nitrogens with zero attached hydrogens (tertiary/aromatic N) is 4. The summed E-state index contributed by atoms with van der Waals surface area (Å²) < 4.78 is 28.1. The van der Waals surface area contributed by atoms with E-state index in [0.717, 1.165) is 38.9 Å². The second kappa shape index (κ2) is 8.11. The number of nitrogens with one attached hydrogen (secondary N) is 1. The standard InChI is InChI=1S/C22H29N5O3S/c1-16-14-22(2,3)27(15-16)20-17(8-7-11-23-20)21(28)25-31(29,30)19-10-6-9-18(24-19)26-12-4-5-13-26/h6-11,16H,4-5,12-15H2,1-3H3,(H,25,28). The summed E-state index contributed by atoms with van der Waals surface area (Å²) in [5.41, 5.74) is 0.0664. The van der Waals surface area contributed by atoms with Crippen molar-refractivity contribution in [2.75, 3.05) is 29.4 Å². The number of sulfonamides is 1.